The lowest BCUT2D eigenvalue weighted by atomic mass is 9.99. The van der Waals surface area contributed by atoms with Crippen LogP contribution in [0.25, 0.3) is 0 Å². The van der Waals surface area contributed by atoms with Crippen LogP contribution in [0.2, 0.25) is 0 Å². The molecule has 0 saturated carbocycles. The van der Waals surface area contributed by atoms with Crippen molar-refractivity contribution in [2.24, 2.45) is 0 Å². The van der Waals surface area contributed by atoms with E-state index in [4.69, 9.17) is 9.47 Å². The van der Waals surface area contributed by atoms with Crippen molar-refractivity contribution >= 4 is 5.91 Å². The monoisotopic (exact) mass is 968 g/mol. The van der Waals surface area contributed by atoms with Crippen LogP contribution in [0.3, 0.4) is 0 Å². The van der Waals surface area contributed by atoms with E-state index < -0.39 is 49.5 Å². The van der Waals surface area contributed by atoms with Crippen molar-refractivity contribution < 1.29 is 39.8 Å². The van der Waals surface area contributed by atoms with E-state index in [1.807, 2.05) is 6.08 Å². The highest BCUT2D eigenvalue weighted by molar-refractivity contribution is 5.76. The first kappa shape index (κ1) is 64.4. The SMILES string of the molecule is CC/C=C\C/C=C\C/C=C\C/C=C\C/C=C\C/C=C\CCCCCCCCCCCCCCCCCCCCCCCCC(=O)NC(COC1OC(CO)C(O)C(O)C1O)C(O)/C=C/CCCCC. The second-order valence-electron chi connectivity index (χ2n) is 19.4. The van der Waals surface area contributed by atoms with E-state index >= 15 is 0 Å². The molecule has 0 aromatic carbocycles. The van der Waals surface area contributed by atoms with E-state index in [1.165, 1.54) is 128 Å². The predicted molar refractivity (Wildman–Crippen MR) is 290 cm³/mol. The van der Waals surface area contributed by atoms with Crippen molar-refractivity contribution in [2.45, 2.75) is 275 Å². The summed E-state index contributed by atoms with van der Waals surface area (Å²) in [6.45, 7) is 3.54. The minimum atomic E-state index is -1.56. The molecule has 0 bridgehead atoms. The Morgan fingerprint density at radius 1 is 0.507 bits per heavy atom. The van der Waals surface area contributed by atoms with Crippen LogP contribution in [0.4, 0.5) is 0 Å². The Bertz CT molecular complexity index is 1350. The largest absolute Gasteiger partial charge is 0.394 e. The Morgan fingerprint density at radius 2 is 0.899 bits per heavy atom. The number of carbonyl (C=O) groups excluding carboxylic acids is 1. The molecule has 0 spiro atoms. The molecular weight excluding hydrogens is 863 g/mol. The molecule has 398 valence electrons. The summed E-state index contributed by atoms with van der Waals surface area (Å²) >= 11 is 0. The third-order valence-electron chi connectivity index (χ3n) is 13.0. The Labute approximate surface area is 422 Å². The van der Waals surface area contributed by atoms with Crippen molar-refractivity contribution in [3.05, 3.63) is 85.1 Å². The van der Waals surface area contributed by atoms with Gasteiger partial charge in [-0.2, -0.15) is 0 Å². The molecule has 7 atom stereocenters. The third kappa shape index (κ3) is 38.7. The van der Waals surface area contributed by atoms with Crippen LogP contribution in [0.5, 0.6) is 0 Å². The van der Waals surface area contributed by atoms with Crippen molar-refractivity contribution in [3.8, 4) is 0 Å². The molecule has 1 saturated heterocycles. The number of unbranched alkanes of at least 4 members (excludes halogenated alkanes) is 25. The Morgan fingerprint density at radius 3 is 1.33 bits per heavy atom. The average Bonchev–Trinajstić information content (AvgIpc) is 3.35. The summed E-state index contributed by atoms with van der Waals surface area (Å²) in [5.41, 5.74) is 0. The standard InChI is InChI=1S/C60H105NO8/c1-3-5-7-9-10-11-12-13-14-15-16-17-18-19-20-21-22-23-24-25-26-27-28-29-30-31-32-33-34-35-36-37-38-39-40-41-42-43-44-46-48-50-56(64)61-53(54(63)49-47-45-8-6-4-2)52-68-60-59(67)58(66)57(65)55(51-62)69-60/h5,7,10-11,13-14,16-17,19-20,22-23,47,49,53-55,57-60,62-63,65-67H,3-4,6,8-9,12,15,18,21,24-46,48,50-52H2,1-2H3,(H,61,64)/b7-5-,11-10-,14-13-,17-16-,20-19-,23-22-,49-47+. The van der Waals surface area contributed by atoms with Gasteiger partial charge >= 0.3 is 0 Å². The van der Waals surface area contributed by atoms with Gasteiger partial charge in [-0.25, -0.2) is 0 Å². The second-order valence-corrected chi connectivity index (χ2v) is 19.4. The molecule has 0 radical (unpaired) electrons. The quantitative estimate of drug-likeness (QED) is 0.0261. The second kappa shape index (κ2) is 49.0. The van der Waals surface area contributed by atoms with Crippen LogP contribution in [0.1, 0.15) is 232 Å². The minimum absolute atomic E-state index is 0.184. The molecule has 7 unspecified atom stereocenters. The summed E-state index contributed by atoms with van der Waals surface area (Å²) in [5, 5.41) is 53.8. The number of allylic oxidation sites excluding steroid dienone is 13. The summed E-state index contributed by atoms with van der Waals surface area (Å²) in [6, 6.07) is -0.801. The highest BCUT2D eigenvalue weighted by Gasteiger charge is 2.44. The number of hydrogen-bond acceptors (Lipinski definition) is 8. The minimum Gasteiger partial charge on any atom is -0.394 e. The molecule has 0 aromatic rings. The van der Waals surface area contributed by atoms with Crippen LogP contribution < -0.4 is 5.32 Å². The highest BCUT2D eigenvalue weighted by Crippen LogP contribution is 2.23. The molecule has 0 aromatic heterocycles. The maximum Gasteiger partial charge on any atom is 0.220 e. The van der Waals surface area contributed by atoms with E-state index in [9.17, 15) is 30.3 Å². The number of carbonyl (C=O) groups is 1. The zero-order chi connectivity index (χ0) is 50.1. The molecule has 9 heteroatoms. The average molecular weight is 968 g/mol. The molecule has 1 rings (SSSR count). The van der Waals surface area contributed by atoms with E-state index in [-0.39, 0.29) is 12.5 Å². The van der Waals surface area contributed by atoms with Crippen molar-refractivity contribution in [2.75, 3.05) is 13.2 Å². The number of ether oxygens (including phenoxy) is 2. The zero-order valence-electron chi connectivity index (χ0n) is 44.0. The molecule has 1 aliphatic heterocycles. The van der Waals surface area contributed by atoms with Gasteiger partial charge in [0.25, 0.3) is 0 Å². The van der Waals surface area contributed by atoms with Gasteiger partial charge in [-0.05, 0) is 70.6 Å². The lowest BCUT2D eigenvalue weighted by Gasteiger charge is -2.40. The number of rotatable bonds is 47. The molecule has 1 fully saturated rings. The van der Waals surface area contributed by atoms with E-state index in [0.29, 0.717) is 6.42 Å². The maximum absolute atomic E-state index is 12.9. The fourth-order valence-corrected chi connectivity index (χ4v) is 8.51. The van der Waals surface area contributed by atoms with Gasteiger partial charge in [-0.15, -0.1) is 0 Å². The first-order valence-corrected chi connectivity index (χ1v) is 28.3. The van der Waals surface area contributed by atoms with E-state index in [1.54, 1.807) is 6.08 Å². The van der Waals surface area contributed by atoms with Gasteiger partial charge in [0.05, 0.1) is 25.4 Å². The predicted octanol–water partition coefficient (Wildman–Crippen LogP) is 13.8. The van der Waals surface area contributed by atoms with Crippen LogP contribution in [-0.2, 0) is 14.3 Å². The van der Waals surface area contributed by atoms with Gasteiger partial charge in [0.15, 0.2) is 6.29 Å². The van der Waals surface area contributed by atoms with Crippen LogP contribution in [0.15, 0.2) is 85.1 Å². The molecule has 1 amide bonds. The number of aliphatic hydroxyl groups is 5. The molecular formula is C60H105NO8. The summed E-state index contributed by atoms with van der Waals surface area (Å²) < 4.78 is 11.1. The van der Waals surface area contributed by atoms with Crippen LogP contribution in [-0.4, -0.2) is 87.5 Å². The normalized spacial score (nSPS) is 20.1. The van der Waals surface area contributed by atoms with Crippen molar-refractivity contribution in [1.29, 1.82) is 0 Å². The number of hydrogen-bond donors (Lipinski definition) is 6. The van der Waals surface area contributed by atoms with E-state index in [0.717, 1.165) is 83.5 Å². The molecule has 1 heterocycles. The molecule has 6 N–H and O–H groups in total. The molecule has 69 heavy (non-hydrogen) atoms. The van der Waals surface area contributed by atoms with Crippen LogP contribution in [0, 0.1) is 0 Å². The molecule has 1 aliphatic rings. The van der Waals surface area contributed by atoms with Gasteiger partial charge in [0.2, 0.25) is 5.91 Å². The van der Waals surface area contributed by atoms with Gasteiger partial charge in [0.1, 0.15) is 24.4 Å². The lowest BCUT2D eigenvalue weighted by molar-refractivity contribution is -0.302. The molecule has 0 aliphatic carbocycles. The first-order chi connectivity index (χ1) is 33.8. The first-order valence-electron chi connectivity index (χ1n) is 28.3. The maximum atomic E-state index is 12.9. The van der Waals surface area contributed by atoms with Crippen molar-refractivity contribution in [3.63, 3.8) is 0 Å². The smallest absolute Gasteiger partial charge is 0.220 e. The summed E-state index contributed by atoms with van der Waals surface area (Å²) in [6.07, 6.45) is 63.1. The summed E-state index contributed by atoms with van der Waals surface area (Å²) in [7, 11) is 0. The van der Waals surface area contributed by atoms with Crippen molar-refractivity contribution in [1.82, 2.24) is 5.32 Å². The number of aliphatic hydroxyl groups excluding tert-OH is 5. The van der Waals surface area contributed by atoms with Gasteiger partial charge in [-0.3, -0.25) is 4.79 Å². The number of amides is 1. The summed E-state index contributed by atoms with van der Waals surface area (Å²) in [5.74, 6) is -0.184. The lowest BCUT2D eigenvalue weighted by Crippen LogP contribution is -2.60. The van der Waals surface area contributed by atoms with Gasteiger partial charge in [-0.1, -0.05) is 240 Å². The fourth-order valence-electron chi connectivity index (χ4n) is 8.51. The van der Waals surface area contributed by atoms with Gasteiger partial charge < -0.3 is 40.3 Å². The summed E-state index contributed by atoms with van der Waals surface area (Å²) in [4.78, 5) is 12.9. The van der Waals surface area contributed by atoms with E-state index in [2.05, 4.69) is 92.1 Å². The highest BCUT2D eigenvalue weighted by atomic mass is 16.7. The molecule has 9 nitrogen and oxygen atoms in total. The number of nitrogens with one attached hydrogen (secondary N) is 1. The Balaban J connectivity index is 1.95. The third-order valence-corrected chi connectivity index (χ3v) is 13.0. The fraction of sp³-hybridized carbons (Fsp3) is 0.750. The van der Waals surface area contributed by atoms with Gasteiger partial charge in [0, 0.05) is 6.42 Å². The Hall–Kier alpha value is -2.63. The van der Waals surface area contributed by atoms with Crippen LogP contribution >= 0.6 is 0 Å². The zero-order valence-corrected chi connectivity index (χ0v) is 44.0. The Kier molecular flexibility index (Phi) is 45.7. The topological polar surface area (TPSA) is 149 Å².